The van der Waals surface area contributed by atoms with Crippen LogP contribution in [0.1, 0.15) is 6.42 Å². The molecule has 1 aromatic carbocycles. The zero-order valence-corrected chi connectivity index (χ0v) is 26.3. The third-order valence-corrected chi connectivity index (χ3v) is 9.72. The summed E-state index contributed by atoms with van der Waals surface area (Å²) in [4.78, 5) is 12.2. The fraction of sp³-hybridized carbons (Fsp3) is 0.741. The van der Waals surface area contributed by atoms with Crippen LogP contribution in [0.2, 0.25) is 0 Å². The van der Waals surface area contributed by atoms with E-state index in [0.717, 1.165) is 0 Å². The van der Waals surface area contributed by atoms with Gasteiger partial charge in [0.15, 0.2) is 28.2 Å². The standard InChI is InChI=1S/C27H43NO19S/c1-43-10-2-3-16(11(28)6-10)48(41,42)5-4-12(30)17(32)21(36)18(33)13(31)8-44-26-25(40)23(38)20(35)15(47-26)9-45-27-24(39)22(37)19(34)14(7-29)46-27/h2-3,6,13-15,17-27,29,31-40H,4-5,7-9,28H2,1H3/t13-,14-,15-,17+,18-,19-,20-,21-,22+,23+,24-,25-,26+,27+/m1/s1. The summed E-state index contributed by atoms with van der Waals surface area (Å²) >= 11 is 0. The molecule has 20 nitrogen and oxygen atoms in total. The number of anilines is 1. The number of ketones is 1. The molecule has 0 spiro atoms. The molecule has 0 amide bonds. The monoisotopic (exact) mass is 717 g/mol. The molecule has 21 heteroatoms. The van der Waals surface area contributed by atoms with Crippen LogP contribution in [0.3, 0.4) is 0 Å². The molecule has 13 N–H and O–H groups in total. The number of nitrogens with two attached hydrogens (primary N) is 1. The Kier molecular flexibility index (Phi) is 14.4. The van der Waals surface area contributed by atoms with E-state index >= 15 is 0 Å². The molecule has 276 valence electrons. The van der Waals surface area contributed by atoms with Gasteiger partial charge in [-0.15, -0.1) is 0 Å². The molecule has 0 aromatic heterocycles. The minimum Gasteiger partial charge on any atom is -0.497 e. The first-order valence-electron chi connectivity index (χ1n) is 14.6. The first-order chi connectivity index (χ1) is 22.4. The van der Waals surface area contributed by atoms with E-state index in [4.69, 9.17) is 29.4 Å². The number of aliphatic hydroxyl groups excluding tert-OH is 11. The van der Waals surface area contributed by atoms with Gasteiger partial charge in [0.2, 0.25) is 0 Å². The smallest absolute Gasteiger partial charge is 0.186 e. The second-order valence-electron chi connectivity index (χ2n) is 11.3. The number of benzene rings is 1. The third-order valence-electron chi connectivity index (χ3n) is 7.94. The maximum atomic E-state index is 12.7. The Bertz CT molecular complexity index is 1300. The molecule has 48 heavy (non-hydrogen) atoms. The number of Topliss-reactive ketones (excluding diaryl/α,β-unsaturated/α-hetero) is 1. The minimum absolute atomic E-state index is 0.150. The highest BCUT2D eigenvalue weighted by molar-refractivity contribution is 7.91. The lowest BCUT2D eigenvalue weighted by molar-refractivity contribution is -0.333. The Morgan fingerprint density at radius 3 is 1.98 bits per heavy atom. The Labute approximate surface area is 274 Å². The van der Waals surface area contributed by atoms with Crippen molar-refractivity contribution in [2.75, 3.05) is 38.4 Å². The Morgan fingerprint density at radius 2 is 1.42 bits per heavy atom. The number of aliphatic hydroxyl groups is 11. The van der Waals surface area contributed by atoms with Gasteiger partial charge in [-0.25, -0.2) is 8.42 Å². The van der Waals surface area contributed by atoms with Crippen LogP contribution < -0.4 is 10.5 Å². The number of hydrogen-bond acceptors (Lipinski definition) is 20. The highest BCUT2D eigenvalue weighted by Gasteiger charge is 2.48. The summed E-state index contributed by atoms with van der Waals surface area (Å²) in [5.41, 5.74) is 5.60. The van der Waals surface area contributed by atoms with Gasteiger partial charge in [0.1, 0.15) is 79.0 Å². The molecule has 0 radical (unpaired) electrons. The average molecular weight is 718 g/mol. The van der Waals surface area contributed by atoms with Crippen molar-refractivity contribution in [3.05, 3.63) is 18.2 Å². The molecule has 1 aromatic rings. The van der Waals surface area contributed by atoms with Crippen LogP contribution >= 0.6 is 0 Å². The number of sulfone groups is 1. The van der Waals surface area contributed by atoms with Crippen molar-refractivity contribution >= 4 is 21.3 Å². The normalized spacial score (nSPS) is 33.8. The molecule has 0 aliphatic carbocycles. The summed E-state index contributed by atoms with van der Waals surface area (Å²) in [5.74, 6) is -1.73. The molecule has 2 aliphatic rings. The predicted octanol–water partition coefficient (Wildman–Crippen LogP) is -6.91. The van der Waals surface area contributed by atoms with Gasteiger partial charge in [-0.2, -0.15) is 0 Å². The van der Waals surface area contributed by atoms with E-state index in [1.807, 2.05) is 0 Å². The fourth-order valence-corrected chi connectivity index (χ4v) is 6.30. The molecular weight excluding hydrogens is 674 g/mol. The molecule has 2 fully saturated rings. The number of ether oxygens (including phenoxy) is 5. The first-order valence-corrected chi connectivity index (χ1v) is 16.2. The second-order valence-corrected chi connectivity index (χ2v) is 13.4. The summed E-state index contributed by atoms with van der Waals surface area (Å²) < 4.78 is 51.3. The third kappa shape index (κ3) is 9.33. The number of carbonyl (C=O) groups is 1. The maximum Gasteiger partial charge on any atom is 0.186 e. The van der Waals surface area contributed by atoms with E-state index in [0.29, 0.717) is 0 Å². The lowest BCUT2D eigenvalue weighted by Gasteiger charge is -2.42. The van der Waals surface area contributed by atoms with Crippen LogP contribution in [-0.2, 0) is 33.6 Å². The van der Waals surface area contributed by atoms with Gasteiger partial charge in [0.05, 0.1) is 43.3 Å². The summed E-state index contributed by atoms with van der Waals surface area (Å²) in [7, 11) is -2.78. The maximum absolute atomic E-state index is 12.7. The Morgan fingerprint density at radius 1 is 0.854 bits per heavy atom. The first kappa shape index (κ1) is 40.3. The average Bonchev–Trinajstić information content (AvgIpc) is 3.07. The number of rotatable bonds is 16. The molecular formula is C27H43NO19S. The van der Waals surface area contributed by atoms with Crippen molar-refractivity contribution in [1.82, 2.24) is 0 Å². The summed E-state index contributed by atoms with van der Waals surface area (Å²) in [6.45, 7) is -2.37. The van der Waals surface area contributed by atoms with Crippen LogP contribution in [0.4, 0.5) is 5.69 Å². The van der Waals surface area contributed by atoms with Gasteiger partial charge < -0.3 is 85.6 Å². The van der Waals surface area contributed by atoms with Gasteiger partial charge in [-0.1, -0.05) is 0 Å². The van der Waals surface area contributed by atoms with Crippen LogP contribution in [-0.4, -0.2) is 189 Å². The lowest BCUT2D eigenvalue weighted by atomic mass is 9.98. The van der Waals surface area contributed by atoms with E-state index in [2.05, 4.69) is 0 Å². The topological polar surface area (TPSA) is 346 Å². The van der Waals surface area contributed by atoms with Crippen molar-refractivity contribution in [2.24, 2.45) is 0 Å². The summed E-state index contributed by atoms with van der Waals surface area (Å²) in [6.07, 6.45) is -27.0. The van der Waals surface area contributed by atoms with Crippen LogP contribution in [0.25, 0.3) is 0 Å². The molecule has 0 saturated carbocycles. The van der Waals surface area contributed by atoms with Crippen molar-refractivity contribution in [2.45, 2.75) is 97.1 Å². The highest BCUT2D eigenvalue weighted by Crippen LogP contribution is 2.27. The van der Waals surface area contributed by atoms with E-state index in [1.54, 1.807) is 0 Å². The number of carbonyl (C=O) groups excluding carboxylic acids is 1. The molecule has 3 rings (SSSR count). The van der Waals surface area contributed by atoms with Crippen molar-refractivity contribution in [3.8, 4) is 5.75 Å². The van der Waals surface area contributed by atoms with E-state index in [9.17, 15) is 69.4 Å². The van der Waals surface area contributed by atoms with Gasteiger partial charge >= 0.3 is 0 Å². The lowest BCUT2D eigenvalue weighted by Crippen LogP contribution is -2.62. The predicted molar refractivity (Wildman–Crippen MR) is 155 cm³/mol. The van der Waals surface area contributed by atoms with Crippen LogP contribution in [0.5, 0.6) is 5.75 Å². The highest BCUT2D eigenvalue weighted by atomic mass is 32.2. The quantitative estimate of drug-likeness (QED) is 0.0707. The molecule has 0 bridgehead atoms. The minimum atomic E-state index is -4.13. The summed E-state index contributed by atoms with van der Waals surface area (Å²) in [6, 6.07) is 3.76. The van der Waals surface area contributed by atoms with E-state index < -0.39 is 133 Å². The molecule has 14 atom stereocenters. The molecule has 2 heterocycles. The molecule has 2 saturated heterocycles. The van der Waals surface area contributed by atoms with E-state index in [-0.39, 0.29) is 16.3 Å². The molecule has 2 aliphatic heterocycles. The zero-order chi connectivity index (χ0) is 36.1. The molecule has 0 unspecified atom stereocenters. The Balaban J connectivity index is 1.53. The second kappa shape index (κ2) is 17.2. The number of methoxy groups -OCH3 is 1. The largest absolute Gasteiger partial charge is 0.497 e. The van der Waals surface area contributed by atoms with Gasteiger partial charge in [0, 0.05) is 12.5 Å². The van der Waals surface area contributed by atoms with Crippen molar-refractivity contribution < 1.29 is 93.1 Å². The van der Waals surface area contributed by atoms with Crippen LogP contribution in [0, 0.1) is 0 Å². The van der Waals surface area contributed by atoms with E-state index in [1.165, 1.54) is 25.3 Å². The Hall–Kier alpha value is -2.16. The summed E-state index contributed by atoms with van der Waals surface area (Å²) in [5, 5.41) is 111. The van der Waals surface area contributed by atoms with Gasteiger partial charge in [-0.3, -0.25) is 4.79 Å². The van der Waals surface area contributed by atoms with Gasteiger partial charge in [0.25, 0.3) is 0 Å². The number of hydrogen-bond donors (Lipinski definition) is 12. The van der Waals surface area contributed by atoms with Crippen molar-refractivity contribution in [3.63, 3.8) is 0 Å². The van der Waals surface area contributed by atoms with Crippen molar-refractivity contribution in [1.29, 1.82) is 0 Å². The zero-order valence-electron chi connectivity index (χ0n) is 25.5. The number of nitrogen functional groups attached to an aromatic ring is 1. The van der Waals surface area contributed by atoms with Crippen LogP contribution in [0.15, 0.2) is 23.1 Å². The fourth-order valence-electron chi connectivity index (χ4n) is 4.91. The van der Waals surface area contributed by atoms with Gasteiger partial charge in [-0.05, 0) is 12.1 Å². The SMILES string of the molecule is COc1ccc(S(=O)(=O)CCC(=O)[C@H](O)[C@@H](O)[C@H](O)[C@H](O)CO[C@H]2O[C@H](CO[C@H]3O[C@H](CO)[C@@H](O)[C@H](O)[C@H]3O)[C@@H](O)[C@H](O)[C@H]2O)c(N)c1.